The lowest BCUT2D eigenvalue weighted by Crippen LogP contribution is -2.42. The molecule has 0 radical (unpaired) electrons. The molecule has 0 aromatic rings. The van der Waals surface area contributed by atoms with Gasteiger partial charge in [0.25, 0.3) is 0 Å². The summed E-state index contributed by atoms with van der Waals surface area (Å²) in [5.74, 6) is 0.744. The molecule has 0 aliphatic carbocycles. The van der Waals surface area contributed by atoms with Crippen molar-refractivity contribution in [1.29, 1.82) is 0 Å². The third kappa shape index (κ3) is 6.38. The van der Waals surface area contributed by atoms with Crippen LogP contribution in [0, 0.1) is 0 Å². The van der Waals surface area contributed by atoms with E-state index in [1.165, 1.54) is 12.8 Å². The van der Waals surface area contributed by atoms with Gasteiger partial charge in [0.15, 0.2) is 0 Å². The van der Waals surface area contributed by atoms with Gasteiger partial charge in [-0.05, 0) is 19.4 Å². The van der Waals surface area contributed by atoms with Gasteiger partial charge in [-0.25, -0.2) is 0 Å². The van der Waals surface area contributed by atoms with Crippen LogP contribution in [0.2, 0.25) is 0 Å². The minimum Gasteiger partial charge on any atom is -0.351 e. The largest absolute Gasteiger partial charge is 0.351 e. The van der Waals surface area contributed by atoms with Crippen molar-refractivity contribution in [3.63, 3.8) is 0 Å². The second kappa shape index (κ2) is 6.50. The van der Waals surface area contributed by atoms with Crippen molar-refractivity contribution in [2.75, 3.05) is 18.8 Å². The molecular formula is C12H24N2OS. The van der Waals surface area contributed by atoms with E-state index in [9.17, 15) is 4.79 Å². The van der Waals surface area contributed by atoms with Gasteiger partial charge in [0, 0.05) is 17.3 Å². The van der Waals surface area contributed by atoms with Crippen molar-refractivity contribution in [2.45, 2.75) is 50.8 Å². The van der Waals surface area contributed by atoms with Crippen LogP contribution in [-0.4, -0.2) is 35.5 Å². The Bertz CT molecular complexity index is 218. The fraction of sp³-hybridized carbons (Fsp3) is 0.917. The number of amides is 1. The second-order valence-corrected chi connectivity index (χ2v) is 7.17. The lowest BCUT2D eigenvalue weighted by atomic mass is 10.1. The molecule has 1 aliphatic heterocycles. The summed E-state index contributed by atoms with van der Waals surface area (Å²) in [7, 11) is 0. The zero-order chi connectivity index (χ0) is 12.0. The summed E-state index contributed by atoms with van der Waals surface area (Å²) in [6.07, 6.45) is 3.55. The normalized spacial score (nSPS) is 22.6. The summed E-state index contributed by atoms with van der Waals surface area (Å²) in [4.78, 5) is 11.7. The highest BCUT2D eigenvalue weighted by Gasteiger charge is 2.17. The molecule has 1 heterocycles. The van der Waals surface area contributed by atoms with E-state index in [0.717, 1.165) is 19.5 Å². The highest BCUT2D eigenvalue weighted by Crippen LogP contribution is 2.22. The van der Waals surface area contributed by atoms with Gasteiger partial charge in [-0.15, -0.1) is 11.8 Å². The molecular weight excluding hydrogens is 220 g/mol. The topological polar surface area (TPSA) is 41.1 Å². The first-order valence-electron chi connectivity index (χ1n) is 6.11. The van der Waals surface area contributed by atoms with Gasteiger partial charge in [-0.2, -0.15) is 0 Å². The van der Waals surface area contributed by atoms with Crippen LogP contribution >= 0.6 is 11.8 Å². The summed E-state index contributed by atoms with van der Waals surface area (Å²) in [5, 5.41) is 6.46. The summed E-state index contributed by atoms with van der Waals surface area (Å²) in [5.41, 5.74) is 0. The molecule has 0 aromatic heterocycles. The van der Waals surface area contributed by atoms with E-state index in [2.05, 4.69) is 31.4 Å². The zero-order valence-corrected chi connectivity index (χ0v) is 11.5. The quantitative estimate of drug-likeness (QED) is 0.795. The Morgan fingerprint density at radius 2 is 2.19 bits per heavy atom. The molecule has 94 valence electrons. The maximum Gasteiger partial charge on any atom is 0.230 e. The Kier molecular flexibility index (Phi) is 5.62. The molecule has 1 fully saturated rings. The Morgan fingerprint density at radius 1 is 1.44 bits per heavy atom. The van der Waals surface area contributed by atoms with E-state index >= 15 is 0 Å². The average Bonchev–Trinajstić information content (AvgIpc) is 2.42. The Balaban J connectivity index is 2.22. The molecule has 1 aliphatic rings. The lowest BCUT2D eigenvalue weighted by Gasteiger charge is -2.20. The highest BCUT2D eigenvalue weighted by atomic mass is 32.2. The Labute approximate surface area is 103 Å². The molecule has 1 amide bonds. The van der Waals surface area contributed by atoms with Crippen LogP contribution < -0.4 is 10.6 Å². The third-order valence-electron chi connectivity index (χ3n) is 2.55. The van der Waals surface area contributed by atoms with Crippen molar-refractivity contribution in [3.05, 3.63) is 0 Å². The van der Waals surface area contributed by atoms with Crippen LogP contribution in [0.4, 0.5) is 0 Å². The predicted molar refractivity (Wildman–Crippen MR) is 70.9 cm³/mol. The standard InChI is InChI=1S/C12H24N2OS/c1-12(2,3)16-9-11(15)14-10-6-4-5-7-13-8-10/h10,13H,4-9H2,1-3H3,(H,14,15). The van der Waals surface area contributed by atoms with Crippen LogP contribution in [0.3, 0.4) is 0 Å². The SMILES string of the molecule is CC(C)(C)SCC(=O)NC1CCCCNC1. The minimum atomic E-state index is 0.166. The van der Waals surface area contributed by atoms with Gasteiger partial charge in [-0.1, -0.05) is 27.2 Å². The van der Waals surface area contributed by atoms with Gasteiger partial charge in [0.1, 0.15) is 0 Å². The van der Waals surface area contributed by atoms with Crippen molar-refractivity contribution in [3.8, 4) is 0 Å². The number of hydrogen-bond donors (Lipinski definition) is 2. The van der Waals surface area contributed by atoms with Gasteiger partial charge >= 0.3 is 0 Å². The monoisotopic (exact) mass is 244 g/mol. The minimum absolute atomic E-state index is 0.166. The summed E-state index contributed by atoms with van der Waals surface area (Å²) in [6.45, 7) is 8.42. The van der Waals surface area contributed by atoms with Crippen molar-refractivity contribution in [2.24, 2.45) is 0 Å². The zero-order valence-electron chi connectivity index (χ0n) is 10.6. The van der Waals surface area contributed by atoms with E-state index in [1.807, 2.05) is 0 Å². The van der Waals surface area contributed by atoms with E-state index in [4.69, 9.17) is 0 Å². The number of carbonyl (C=O) groups excluding carboxylic acids is 1. The van der Waals surface area contributed by atoms with Crippen LogP contribution in [0.1, 0.15) is 40.0 Å². The van der Waals surface area contributed by atoms with Crippen LogP contribution in [0.15, 0.2) is 0 Å². The van der Waals surface area contributed by atoms with E-state index < -0.39 is 0 Å². The fourth-order valence-electron chi connectivity index (χ4n) is 1.69. The van der Waals surface area contributed by atoms with Crippen LogP contribution in [0.5, 0.6) is 0 Å². The van der Waals surface area contributed by atoms with Crippen molar-refractivity contribution < 1.29 is 4.79 Å². The molecule has 0 saturated carbocycles. The molecule has 4 heteroatoms. The van der Waals surface area contributed by atoms with E-state index in [0.29, 0.717) is 11.8 Å². The molecule has 0 bridgehead atoms. The van der Waals surface area contributed by atoms with Crippen molar-refractivity contribution >= 4 is 17.7 Å². The highest BCUT2D eigenvalue weighted by molar-refractivity contribution is 8.01. The summed E-state index contributed by atoms with van der Waals surface area (Å²) in [6, 6.07) is 0.329. The van der Waals surface area contributed by atoms with Gasteiger partial charge in [0.2, 0.25) is 5.91 Å². The van der Waals surface area contributed by atoms with Gasteiger partial charge in [-0.3, -0.25) is 4.79 Å². The molecule has 1 unspecified atom stereocenters. The van der Waals surface area contributed by atoms with Crippen LogP contribution in [-0.2, 0) is 4.79 Å². The first kappa shape index (κ1) is 13.8. The molecule has 1 saturated heterocycles. The van der Waals surface area contributed by atoms with E-state index in [1.54, 1.807) is 11.8 Å². The number of carbonyl (C=O) groups is 1. The van der Waals surface area contributed by atoms with Gasteiger partial charge in [0.05, 0.1) is 5.75 Å². The predicted octanol–water partition coefficient (Wildman–Crippen LogP) is 1.78. The molecule has 1 atom stereocenters. The Morgan fingerprint density at radius 3 is 2.88 bits per heavy atom. The first-order chi connectivity index (χ1) is 7.47. The fourth-order valence-corrected chi connectivity index (χ4v) is 2.34. The molecule has 0 aromatic carbocycles. The smallest absolute Gasteiger partial charge is 0.230 e. The lowest BCUT2D eigenvalue weighted by molar-refractivity contribution is -0.119. The number of hydrogen-bond acceptors (Lipinski definition) is 3. The summed E-state index contributed by atoms with van der Waals surface area (Å²) < 4.78 is 0.166. The second-order valence-electron chi connectivity index (χ2n) is 5.37. The molecule has 2 N–H and O–H groups in total. The Hall–Kier alpha value is -0.220. The molecule has 0 spiro atoms. The molecule has 1 rings (SSSR count). The number of rotatable bonds is 3. The molecule has 3 nitrogen and oxygen atoms in total. The molecule has 16 heavy (non-hydrogen) atoms. The summed E-state index contributed by atoms with van der Waals surface area (Å²) >= 11 is 1.70. The maximum absolute atomic E-state index is 11.7. The third-order valence-corrected chi connectivity index (χ3v) is 3.82. The average molecular weight is 244 g/mol. The first-order valence-corrected chi connectivity index (χ1v) is 7.10. The number of nitrogens with one attached hydrogen (secondary N) is 2. The van der Waals surface area contributed by atoms with Gasteiger partial charge < -0.3 is 10.6 Å². The number of thioether (sulfide) groups is 1. The maximum atomic E-state index is 11.7. The van der Waals surface area contributed by atoms with Crippen LogP contribution in [0.25, 0.3) is 0 Å². The van der Waals surface area contributed by atoms with Crippen molar-refractivity contribution in [1.82, 2.24) is 10.6 Å². The van der Waals surface area contributed by atoms with E-state index in [-0.39, 0.29) is 10.7 Å².